The topological polar surface area (TPSA) is 70.4 Å². The number of aromatic hydroxyl groups is 1. The number of rotatable bonds is 1. The van der Waals surface area contributed by atoms with Crippen LogP contribution in [0, 0.1) is 6.07 Å². The Morgan fingerprint density at radius 2 is 2.29 bits per heavy atom. The Morgan fingerprint density at radius 1 is 1.50 bits per heavy atom. The molecule has 0 bridgehead atoms. The molecule has 0 aliphatic carbocycles. The molecule has 0 spiro atoms. The van der Waals surface area contributed by atoms with Crippen LogP contribution in [-0.2, 0) is 0 Å². The fraction of sp³-hybridized carbons (Fsp3) is 0. The predicted octanol–water partition coefficient (Wildman–Crippen LogP) is 1.44. The zero-order valence-electron chi connectivity index (χ0n) is 7.06. The fourth-order valence-electron chi connectivity index (χ4n) is 1.27. The molecule has 1 aromatic heterocycles. The molecule has 0 aliphatic rings. The molecule has 0 amide bonds. The average molecular weight is 188 g/mol. The molecule has 0 saturated heterocycles. The van der Waals surface area contributed by atoms with Crippen LogP contribution in [0.3, 0.4) is 0 Å². The van der Waals surface area contributed by atoms with Crippen molar-refractivity contribution in [1.29, 1.82) is 0 Å². The molecule has 0 fully saturated rings. The van der Waals surface area contributed by atoms with Gasteiger partial charge in [0.25, 0.3) is 0 Å². The highest BCUT2D eigenvalue weighted by Crippen LogP contribution is 2.20. The highest BCUT2D eigenvalue weighted by atomic mass is 16.4. The Labute approximate surface area is 79.4 Å². The molecule has 0 atom stereocenters. The van der Waals surface area contributed by atoms with Gasteiger partial charge in [0, 0.05) is 11.5 Å². The van der Waals surface area contributed by atoms with Gasteiger partial charge in [-0.25, -0.2) is 9.78 Å². The number of aromatic carboxylic acids is 1. The minimum absolute atomic E-state index is 0.0318. The third kappa shape index (κ3) is 1.26. The summed E-state index contributed by atoms with van der Waals surface area (Å²) in [6.07, 6.45) is 0. The SMILES string of the molecule is O=C(O)c1cc(O)nc2cc[c]cc12. The number of carbonyl (C=O) groups is 1. The van der Waals surface area contributed by atoms with Crippen LogP contribution in [0.15, 0.2) is 24.3 Å². The number of carboxylic acids is 1. The van der Waals surface area contributed by atoms with E-state index >= 15 is 0 Å². The van der Waals surface area contributed by atoms with Crippen LogP contribution in [0.2, 0.25) is 0 Å². The van der Waals surface area contributed by atoms with E-state index in [1.165, 1.54) is 6.07 Å². The fourth-order valence-corrected chi connectivity index (χ4v) is 1.27. The first-order valence-corrected chi connectivity index (χ1v) is 3.91. The van der Waals surface area contributed by atoms with Gasteiger partial charge in [-0.05, 0) is 18.2 Å². The second-order valence-electron chi connectivity index (χ2n) is 2.78. The van der Waals surface area contributed by atoms with Gasteiger partial charge < -0.3 is 10.2 Å². The number of benzene rings is 1. The van der Waals surface area contributed by atoms with Gasteiger partial charge in [0.1, 0.15) is 0 Å². The molecule has 2 rings (SSSR count). The lowest BCUT2D eigenvalue weighted by Crippen LogP contribution is -1.98. The molecule has 69 valence electrons. The Kier molecular flexibility index (Phi) is 1.81. The Hall–Kier alpha value is -2.10. The van der Waals surface area contributed by atoms with Gasteiger partial charge in [-0.2, -0.15) is 0 Å². The number of pyridine rings is 1. The average Bonchev–Trinajstić information content (AvgIpc) is 2.16. The molecule has 1 radical (unpaired) electrons. The van der Waals surface area contributed by atoms with Gasteiger partial charge in [0.05, 0.1) is 11.1 Å². The summed E-state index contributed by atoms with van der Waals surface area (Å²) in [6, 6.07) is 8.63. The van der Waals surface area contributed by atoms with Gasteiger partial charge in [0.2, 0.25) is 5.88 Å². The van der Waals surface area contributed by atoms with Gasteiger partial charge in [-0.1, -0.05) is 6.07 Å². The molecule has 0 aliphatic heterocycles. The molecule has 1 heterocycles. The van der Waals surface area contributed by atoms with Crippen molar-refractivity contribution in [3.63, 3.8) is 0 Å². The lowest BCUT2D eigenvalue weighted by atomic mass is 10.1. The highest BCUT2D eigenvalue weighted by Gasteiger charge is 2.10. The zero-order valence-corrected chi connectivity index (χ0v) is 7.06. The van der Waals surface area contributed by atoms with Crippen LogP contribution in [-0.4, -0.2) is 21.2 Å². The summed E-state index contributed by atoms with van der Waals surface area (Å²) < 4.78 is 0. The van der Waals surface area contributed by atoms with Crippen molar-refractivity contribution >= 4 is 16.9 Å². The smallest absolute Gasteiger partial charge is 0.336 e. The monoisotopic (exact) mass is 188 g/mol. The molecule has 0 saturated carbocycles. The highest BCUT2D eigenvalue weighted by molar-refractivity contribution is 6.02. The number of carboxylic acid groups (broad SMARTS) is 1. The summed E-state index contributed by atoms with van der Waals surface area (Å²) in [5.41, 5.74) is 0.477. The molecule has 2 aromatic rings. The normalized spacial score (nSPS) is 10.3. The van der Waals surface area contributed by atoms with Gasteiger partial charge in [-0.15, -0.1) is 0 Å². The molecule has 14 heavy (non-hydrogen) atoms. The lowest BCUT2D eigenvalue weighted by molar-refractivity contribution is 0.0698. The summed E-state index contributed by atoms with van der Waals surface area (Å²) in [5, 5.41) is 18.5. The maximum atomic E-state index is 10.8. The van der Waals surface area contributed by atoms with E-state index < -0.39 is 5.97 Å². The van der Waals surface area contributed by atoms with Crippen LogP contribution in [0.25, 0.3) is 10.9 Å². The zero-order chi connectivity index (χ0) is 10.1. The van der Waals surface area contributed by atoms with Crippen LogP contribution < -0.4 is 0 Å². The summed E-state index contributed by atoms with van der Waals surface area (Å²) >= 11 is 0. The molecule has 2 N–H and O–H groups in total. The van der Waals surface area contributed by atoms with Crippen molar-refractivity contribution in [2.75, 3.05) is 0 Å². The maximum Gasteiger partial charge on any atom is 0.336 e. The molecular weight excluding hydrogens is 182 g/mol. The first-order valence-electron chi connectivity index (χ1n) is 3.91. The van der Waals surface area contributed by atoms with E-state index in [1.54, 1.807) is 12.1 Å². The van der Waals surface area contributed by atoms with Crippen LogP contribution in [0.5, 0.6) is 5.88 Å². The van der Waals surface area contributed by atoms with E-state index in [4.69, 9.17) is 5.11 Å². The predicted molar refractivity (Wildman–Crippen MR) is 49.2 cm³/mol. The standard InChI is InChI=1S/C10H6NO3/c12-9-5-7(10(13)14)6-3-1-2-4-8(6)11-9/h2-5H,(H,11,12)(H,13,14). The minimum atomic E-state index is -1.09. The first-order chi connectivity index (χ1) is 6.68. The van der Waals surface area contributed by atoms with Gasteiger partial charge in [-0.3, -0.25) is 0 Å². The quantitative estimate of drug-likeness (QED) is 0.710. The van der Waals surface area contributed by atoms with Gasteiger partial charge >= 0.3 is 5.97 Å². The van der Waals surface area contributed by atoms with E-state index in [-0.39, 0.29) is 11.4 Å². The number of hydrogen-bond donors (Lipinski definition) is 2. The number of fused-ring (bicyclic) bond motifs is 1. The third-order valence-corrected chi connectivity index (χ3v) is 1.87. The molecule has 1 aromatic carbocycles. The molecular formula is C10H6NO3. The van der Waals surface area contributed by atoms with Crippen LogP contribution in [0.1, 0.15) is 10.4 Å². The first kappa shape index (κ1) is 8.50. The van der Waals surface area contributed by atoms with E-state index in [2.05, 4.69) is 11.1 Å². The van der Waals surface area contributed by atoms with E-state index in [9.17, 15) is 9.90 Å². The molecule has 4 heteroatoms. The van der Waals surface area contributed by atoms with Crippen molar-refractivity contribution in [1.82, 2.24) is 4.98 Å². The third-order valence-electron chi connectivity index (χ3n) is 1.87. The second kappa shape index (κ2) is 2.99. The summed E-state index contributed by atoms with van der Waals surface area (Å²) in [5.74, 6) is -1.38. The number of nitrogens with zero attached hydrogens (tertiary/aromatic N) is 1. The summed E-state index contributed by atoms with van der Waals surface area (Å²) in [6.45, 7) is 0. The van der Waals surface area contributed by atoms with Crippen molar-refractivity contribution < 1.29 is 15.0 Å². The Bertz CT molecular complexity index is 508. The van der Waals surface area contributed by atoms with Crippen LogP contribution in [0.4, 0.5) is 0 Å². The van der Waals surface area contributed by atoms with E-state index in [0.717, 1.165) is 6.07 Å². The largest absolute Gasteiger partial charge is 0.493 e. The molecule has 0 unspecified atom stereocenters. The van der Waals surface area contributed by atoms with E-state index in [1.807, 2.05) is 0 Å². The van der Waals surface area contributed by atoms with Crippen molar-refractivity contribution in [3.8, 4) is 5.88 Å². The summed E-state index contributed by atoms with van der Waals surface area (Å²) in [4.78, 5) is 14.6. The van der Waals surface area contributed by atoms with Crippen molar-refractivity contribution in [2.24, 2.45) is 0 Å². The lowest BCUT2D eigenvalue weighted by Gasteiger charge is -2.01. The maximum absolute atomic E-state index is 10.8. The Balaban J connectivity index is 2.87. The van der Waals surface area contributed by atoms with Crippen molar-refractivity contribution in [2.45, 2.75) is 0 Å². The van der Waals surface area contributed by atoms with Gasteiger partial charge in [0.15, 0.2) is 0 Å². The Morgan fingerprint density at radius 3 is 3.00 bits per heavy atom. The second-order valence-corrected chi connectivity index (χ2v) is 2.78. The number of aromatic nitrogens is 1. The molecule has 4 nitrogen and oxygen atoms in total. The van der Waals surface area contributed by atoms with Crippen molar-refractivity contribution in [3.05, 3.63) is 35.9 Å². The van der Waals surface area contributed by atoms with Crippen LogP contribution >= 0.6 is 0 Å². The minimum Gasteiger partial charge on any atom is -0.493 e. The summed E-state index contributed by atoms with van der Waals surface area (Å²) in [7, 11) is 0. The number of hydrogen-bond acceptors (Lipinski definition) is 3. The van der Waals surface area contributed by atoms with E-state index in [0.29, 0.717) is 10.9 Å².